The molecule has 2 saturated heterocycles. The zero-order chi connectivity index (χ0) is 17.6. The third-order valence-electron chi connectivity index (χ3n) is 4.68. The van der Waals surface area contributed by atoms with Gasteiger partial charge in [-0.15, -0.1) is 11.8 Å². The van der Waals surface area contributed by atoms with Crippen molar-refractivity contribution in [2.45, 2.75) is 54.9 Å². The molecule has 7 nitrogen and oxygen atoms in total. The van der Waals surface area contributed by atoms with Gasteiger partial charge in [0.15, 0.2) is 0 Å². The number of carboxylic acid groups (broad SMARTS) is 1. The van der Waals surface area contributed by atoms with Gasteiger partial charge in [0.2, 0.25) is 11.8 Å². The first kappa shape index (κ1) is 20.5. The molecule has 9 heteroatoms. The zero-order valence-electron chi connectivity index (χ0n) is 14.5. The number of carboxylic acids is 1. The predicted octanol–water partition coefficient (Wildman–Crippen LogP) is -4.11. The molecule has 3 aliphatic rings. The van der Waals surface area contributed by atoms with Crippen molar-refractivity contribution in [3.8, 4) is 0 Å². The van der Waals surface area contributed by atoms with Crippen molar-refractivity contribution in [2.24, 2.45) is 5.73 Å². The largest absolute Gasteiger partial charge is 1.00 e. The van der Waals surface area contributed by atoms with Crippen LogP contribution in [0.25, 0.3) is 0 Å². The van der Waals surface area contributed by atoms with Gasteiger partial charge < -0.3 is 25.9 Å². The third-order valence-corrected chi connectivity index (χ3v) is 6.25. The summed E-state index contributed by atoms with van der Waals surface area (Å²) in [4.78, 5) is 37.3. The van der Waals surface area contributed by atoms with Crippen LogP contribution in [0.4, 0.5) is 0 Å². The summed E-state index contributed by atoms with van der Waals surface area (Å²) < 4.78 is -0.669. The number of nitrogens with zero attached hydrogens (tertiary/aromatic N) is 1. The average molecular weight is 373 g/mol. The van der Waals surface area contributed by atoms with Crippen molar-refractivity contribution in [3.63, 3.8) is 0 Å². The number of aliphatic carboxylic acids is 1. The third kappa shape index (κ3) is 3.55. The molecule has 0 unspecified atom stereocenters. The van der Waals surface area contributed by atoms with E-state index >= 15 is 0 Å². The van der Waals surface area contributed by atoms with E-state index in [2.05, 4.69) is 5.32 Å². The number of rotatable bonds is 4. The quantitative estimate of drug-likeness (QED) is 0.294. The van der Waals surface area contributed by atoms with E-state index < -0.39 is 46.0 Å². The van der Waals surface area contributed by atoms with Crippen LogP contribution < -0.4 is 45.7 Å². The summed E-state index contributed by atoms with van der Waals surface area (Å²) in [6, 6.07) is -2.53. The minimum absolute atomic E-state index is 0. The Balaban J connectivity index is 0.00000225. The molecule has 0 aromatic carbocycles. The van der Waals surface area contributed by atoms with Gasteiger partial charge in [-0.25, -0.2) is 0 Å². The fraction of sp³-hybridized carbons (Fsp3) is 0.562. The summed E-state index contributed by atoms with van der Waals surface area (Å²) in [5.74, 6) is -2.08. The maximum atomic E-state index is 12.3. The minimum Gasteiger partial charge on any atom is -0.548 e. The summed E-state index contributed by atoms with van der Waals surface area (Å²) in [5.41, 5.74) is 6.81. The number of carbonyl (C=O) groups excluding carboxylic acids is 3. The second-order valence-electron chi connectivity index (χ2n) is 6.73. The van der Waals surface area contributed by atoms with Crippen LogP contribution in [0.15, 0.2) is 23.8 Å². The van der Waals surface area contributed by atoms with Gasteiger partial charge in [-0.2, -0.15) is 0 Å². The minimum atomic E-state index is -1.27. The van der Waals surface area contributed by atoms with Crippen LogP contribution in [0, 0.1) is 0 Å². The molecular formula is C16H20N3NaO4S. The van der Waals surface area contributed by atoms with E-state index in [0.717, 1.165) is 12.0 Å². The first-order valence-electron chi connectivity index (χ1n) is 7.85. The van der Waals surface area contributed by atoms with Crippen molar-refractivity contribution < 1.29 is 49.0 Å². The van der Waals surface area contributed by atoms with E-state index in [4.69, 9.17) is 5.73 Å². The van der Waals surface area contributed by atoms with E-state index in [-0.39, 0.29) is 29.6 Å². The molecule has 1 aliphatic carbocycles. The van der Waals surface area contributed by atoms with Gasteiger partial charge in [0.05, 0.1) is 12.0 Å². The fourth-order valence-electron chi connectivity index (χ4n) is 3.41. The molecule has 4 atom stereocenters. The summed E-state index contributed by atoms with van der Waals surface area (Å²) in [6.45, 7) is 3.51. The van der Waals surface area contributed by atoms with Crippen LogP contribution in [-0.2, 0) is 14.4 Å². The second kappa shape index (κ2) is 7.44. The van der Waals surface area contributed by atoms with Gasteiger partial charge in [-0.05, 0) is 32.3 Å². The van der Waals surface area contributed by atoms with Crippen LogP contribution in [0.5, 0.6) is 0 Å². The van der Waals surface area contributed by atoms with Crippen LogP contribution in [0.3, 0.4) is 0 Å². The van der Waals surface area contributed by atoms with Crippen LogP contribution >= 0.6 is 11.8 Å². The number of fused-ring (bicyclic) bond motifs is 1. The van der Waals surface area contributed by atoms with Crippen LogP contribution in [0.2, 0.25) is 0 Å². The Hall–Kier alpha value is -0.800. The van der Waals surface area contributed by atoms with Gasteiger partial charge >= 0.3 is 29.6 Å². The summed E-state index contributed by atoms with van der Waals surface area (Å²) >= 11 is 1.36. The molecule has 0 aromatic heterocycles. The van der Waals surface area contributed by atoms with E-state index in [1.165, 1.54) is 16.7 Å². The van der Waals surface area contributed by atoms with Gasteiger partial charge in [0.25, 0.3) is 0 Å². The van der Waals surface area contributed by atoms with Crippen molar-refractivity contribution in [2.75, 3.05) is 0 Å². The van der Waals surface area contributed by atoms with Gasteiger partial charge in [-0.3, -0.25) is 9.59 Å². The zero-order valence-corrected chi connectivity index (χ0v) is 17.3. The summed E-state index contributed by atoms with van der Waals surface area (Å²) in [5, 5.41) is 13.6. The van der Waals surface area contributed by atoms with Crippen molar-refractivity contribution in [1.29, 1.82) is 0 Å². The molecule has 2 amide bonds. The molecule has 0 radical (unpaired) electrons. The molecule has 0 bridgehead atoms. The number of allylic oxidation sites excluding steroid dienone is 3. The molecule has 0 spiro atoms. The second-order valence-corrected chi connectivity index (χ2v) is 8.50. The van der Waals surface area contributed by atoms with Crippen LogP contribution in [-0.4, -0.2) is 50.9 Å². The number of hydrogen-bond acceptors (Lipinski definition) is 6. The van der Waals surface area contributed by atoms with Gasteiger partial charge in [0.1, 0.15) is 17.5 Å². The topological polar surface area (TPSA) is 116 Å². The molecule has 130 valence electrons. The first-order valence-corrected chi connectivity index (χ1v) is 8.73. The average Bonchev–Trinajstić information content (AvgIpc) is 2.80. The molecular weight excluding hydrogens is 353 g/mol. The Labute approximate surface area is 172 Å². The van der Waals surface area contributed by atoms with E-state index in [1.807, 2.05) is 18.2 Å². The standard InChI is InChI=1S/C16H21N3O4S.Na/c1-16(2)11(15(22)23)19-13(21)10(14(19)24-16)18-12(20)9(17)8-6-4-3-5-7-8;/h3-4,7,9-11,14H,5-6,17H2,1-2H3,(H,18,20)(H,22,23);/q;+1/p-1/t9-,10-,11+,14-;/m1./s1. The fourth-order valence-corrected chi connectivity index (χ4v) is 5.03. The van der Waals surface area contributed by atoms with Crippen LogP contribution in [0.1, 0.15) is 26.7 Å². The SMILES string of the molecule is CC1(C)S[C@@H]2[C@H](NC(=O)[C@H](N)C3=CCC=CC3)C(=O)N2[C@H]1C(=O)[O-].[Na+]. The first-order chi connectivity index (χ1) is 11.2. The maximum Gasteiger partial charge on any atom is 1.00 e. The normalized spacial score (nSPS) is 30.5. The number of carbonyl (C=O) groups is 3. The Morgan fingerprint density at radius 2 is 2.12 bits per heavy atom. The molecule has 0 aromatic rings. The van der Waals surface area contributed by atoms with Gasteiger partial charge in [0, 0.05) is 4.75 Å². The molecule has 2 aliphatic heterocycles. The Morgan fingerprint density at radius 1 is 1.44 bits per heavy atom. The van der Waals surface area contributed by atoms with E-state index in [1.54, 1.807) is 13.8 Å². The van der Waals surface area contributed by atoms with Crippen molar-refractivity contribution in [1.82, 2.24) is 10.2 Å². The number of thioether (sulfide) groups is 1. The molecule has 3 N–H and O–H groups in total. The monoisotopic (exact) mass is 373 g/mol. The summed E-state index contributed by atoms with van der Waals surface area (Å²) in [6.07, 6.45) is 7.24. The van der Waals surface area contributed by atoms with E-state index in [9.17, 15) is 19.5 Å². The molecule has 25 heavy (non-hydrogen) atoms. The molecule has 2 heterocycles. The predicted molar refractivity (Wildman–Crippen MR) is 87.5 cm³/mol. The molecule has 0 saturated carbocycles. The van der Waals surface area contributed by atoms with E-state index in [0.29, 0.717) is 6.42 Å². The summed E-state index contributed by atoms with van der Waals surface area (Å²) in [7, 11) is 0. The Morgan fingerprint density at radius 3 is 2.68 bits per heavy atom. The molecule has 2 fully saturated rings. The number of β-lactam (4-membered cyclic amide) rings is 1. The number of amides is 2. The van der Waals surface area contributed by atoms with Crippen molar-refractivity contribution >= 4 is 29.5 Å². The maximum absolute atomic E-state index is 12.3. The number of nitrogens with one attached hydrogen (secondary N) is 1. The van der Waals surface area contributed by atoms with Gasteiger partial charge in [-0.1, -0.05) is 18.2 Å². The number of nitrogens with two attached hydrogens (primary N) is 1. The Bertz CT molecular complexity index is 664. The number of hydrogen-bond donors (Lipinski definition) is 2. The smallest absolute Gasteiger partial charge is 0.548 e. The Kier molecular flexibility index (Phi) is 6.10. The molecule has 3 rings (SSSR count). The van der Waals surface area contributed by atoms with Crippen molar-refractivity contribution in [3.05, 3.63) is 23.8 Å².